The Morgan fingerprint density at radius 3 is 2.74 bits per heavy atom. The largest absolute Gasteiger partial charge is 1.00 e. The number of hydrogen-bond donors (Lipinski definition) is 0. The van der Waals surface area contributed by atoms with Crippen molar-refractivity contribution in [2.75, 3.05) is 0 Å². The first-order chi connectivity index (χ1) is 8.63. The molecule has 0 fully saturated rings. The lowest BCUT2D eigenvalue weighted by molar-refractivity contribution is -0.688. The van der Waals surface area contributed by atoms with Crippen molar-refractivity contribution in [1.82, 2.24) is 0 Å². The second-order valence-corrected chi connectivity index (χ2v) is 4.29. The Morgan fingerprint density at radius 1 is 1.26 bits per heavy atom. The summed E-state index contributed by atoms with van der Waals surface area (Å²) >= 11 is 0. The molecule has 1 aromatic heterocycles. The van der Waals surface area contributed by atoms with Crippen LogP contribution in [0.2, 0.25) is 0 Å². The predicted molar refractivity (Wildman–Crippen MR) is 68.2 cm³/mol. The van der Waals surface area contributed by atoms with Crippen molar-refractivity contribution in [2.24, 2.45) is 0 Å². The highest BCUT2D eigenvalue weighted by molar-refractivity contribution is 5.69. The van der Waals surface area contributed by atoms with Gasteiger partial charge in [0, 0.05) is 24.1 Å². The van der Waals surface area contributed by atoms with Crippen LogP contribution in [0, 0.1) is 6.92 Å². The van der Waals surface area contributed by atoms with E-state index in [2.05, 4.69) is 23.8 Å². The molecule has 4 heteroatoms. The second kappa shape index (κ2) is 6.90. The van der Waals surface area contributed by atoms with Crippen molar-refractivity contribution in [3.63, 3.8) is 0 Å². The normalized spacial score (nSPS) is 9.58. The first-order valence-electron chi connectivity index (χ1n) is 5.86. The van der Waals surface area contributed by atoms with E-state index in [9.17, 15) is 4.79 Å². The molecule has 0 N–H and O–H groups in total. The molecule has 2 aromatic rings. The van der Waals surface area contributed by atoms with E-state index < -0.39 is 0 Å². The van der Waals surface area contributed by atoms with Crippen LogP contribution in [0.5, 0.6) is 5.75 Å². The SMILES string of the molecule is CC(=O)Oc1cccc(C[n+]2cccc(C)c2)c1.[Cl-]. The lowest BCUT2D eigenvalue weighted by Crippen LogP contribution is -3.00. The molecule has 0 aliphatic rings. The van der Waals surface area contributed by atoms with Crippen molar-refractivity contribution in [3.05, 3.63) is 59.9 Å². The van der Waals surface area contributed by atoms with Crippen LogP contribution in [0.1, 0.15) is 18.1 Å². The molecule has 1 aromatic carbocycles. The molecule has 0 saturated carbocycles. The van der Waals surface area contributed by atoms with E-state index in [1.807, 2.05) is 30.5 Å². The van der Waals surface area contributed by atoms with Crippen LogP contribution in [0.4, 0.5) is 0 Å². The van der Waals surface area contributed by atoms with Gasteiger partial charge in [-0.3, -0.25) is 4.79 Å². The lowest BCUT2D eigenvalue weighted by Gasteiger charge is -2.03. The van der Waals surface area contributed by atoms with E-state index in [0.29, 0.717) is 5.75 Å². The molecular weight excluding hydrogens is 262 g/mol. The number of esters is 1. The highest BCUT2D eigenvalue weighted by Crippen LogP contribution is 2.13. The Balaban J connectivity index is 0.00000180. The standard InChI is InChI=1S/C15H16NO2.ClH/c1-12-5-4-8-16(10-12)11-14-6-3-7-15(9-14)18-13(2)17;/h3-10H,11H2,1-2H3;1H/q+1;/p-1. The predicted octanol–water partition coefficient (Wildman–Crippen LogP) is -0.740. The molecule has 100 valence electrons. The first kappa shape index (κ1) is 15.2. The number of halogens is 1. The minimum Gasteiger partial charge on any atom is -1.00 e. The molecule has 0 atom stereocenters. The molecule has 0 spiro atoms. The van der Waals surface area contributed by atoms with Gasteiger partial charge >= 0.3 is 5.97 Å². The van der Waals surface area contributed by atoms with E-state index in [4.69, 9.17) is 4.74 Å². The summed E-state index contributed by atoms with van der Waals surface area (Å²) in [5.41, 5.74) is 2.32. The molecule has 0 radical (unpaired) electrons. The molecular formula is C15H16ClNO2. The van der Waals surface area contributed by atoms with Gasteiger partial charge in [-0.1, -0.05) is 12.1 Å². The number of hydrogen-bond acceptors (Lipinski definition) is 2. The van der Waals surface area contributed by atoms with Gasteiger partial charge in [0.05, 0.1) is 0 Å². The van der Waals surface area contributed by atoms with E-state index in [1.54, 1.807) is 6.07 Å². The van der Waals surface area contributed by atoms with E-state index >= 15 is 0 Å². The van der Waals surface area contributed by atoms with Crippen LogP contribution in [0.25, 0.3) is 0 Å². The Labute approximate surface area is 119 Å². The lowest BCUT2D eigenvalue weighted by atomic mass is 10.2. The minimum atomic E-state index is -0.296. The van der Waals surface area contributed by atoms with Gasteiger partial charge in [0.15, 0.2) is 18.9 Å². The van der Waals surface area contributed by atoms with Gasteiger partial charge in [-0.25, -0.2) is 4.57 Å². The number of carbonyl (C=O) groups excluding carboxylic acids is 1. The molecule has 0 saturated heterocycles. The summed E-state index contributed by atoms with van der Waals surface area (Å²) in [4.78, 5) is 10.9. The van der Waals surface area contributed by atoms with Crippen LogP contribution in [0.15, 0.2) is 48.8 Å². The Kier molecular flexibility index (Phi) is 5.52. The maximum Gasteiger partial charge on any atom is 0.308 e. The number of aromatic nitrogens is 1. The zero-order chi connectivity index (χ0) is 13.0. The number of pyridine rings is 1. The van der Waals surface area contributed by atoms with Crippen molar-refractivity contribution in [2.45, 2.75) is 20.4 Å². The zero-order valence-corrected chi connectivity index (χ0v) is 11.7. The first-order valence-corrected chi connectivity index (χ1v) is 5.86. The molecule has 0 unspecified atom stereocenters. The number of aryl methyl sites for hydroxylation is 1. The fraction of sp³-hybridized carbons (Fsp3) is 0.200. The Bertz CT molecular complexity index is 570. The maximum atomic E-state index is 10.9. The topological polar surface area (TPSA) is 30.2 Å². The molecule has 0 aliphatic heterocycles. The van der Waals surface area contributed by atoms with Crippen molar-refractivity contribution in [3.8, 4) is 5.75 Å². The molecule has 2 rings (SSSR count). The molecule has 1 heterocycles. The van der Waals surface area contributed by atoms with Gasteiger partial charge in [0.1, 0.15) is 5.75 Å². The van der Waals surface area contributed by atoms with Crippen LogP contribution < -0.4 is 21.7 Å². The van der Waals surface area contributed by atoms with Gasteiger partial charge < -0.3 is 17.1 Å². The summed E-state index contributed by atoms with van der Waals surface area (Å²) in [5, 5.41) is 0. The van der Waals surface area contributed by atoms with E-state index in [-0.39, 0.29) is 18.4 Å². The number of carbonyl (C=O) groups is 1. The third kappa shape index (κ3) is 4.72. The Morgan fingerprint density at radius 2 is 2.05 bits per heavy atom. The summed E-state index contributed by atoms with van der Waals surface area (Å²) in [6.45, 7) is 4.23. The molecule has 19 heavy (non-hydrogen) atoms. The number of rotatable bonds is 3. The van der Waals surface area contributed by atoms with Gasteiger partial charge in [-0.15, -0.1) is 0 Å². The smallest absolute Gasteiger partial charge is 0.308 e. The van der Waals surface area contributed by atoms with E-state index in [0.717, 1.165) is 12.1 Å². The monoisotopic (exact) mass is 277 g/mol. The van der Waals surface area contributed by atoms with Gasteiger partial charge in [0.2, 0.25) is 0 Å². The number of benzene rings is 1. The summed E-state index contributed by atoms with van der Waals surface area (Å²) in [5.74, 6) is 0.295. The molecule has 3 nitrogen and oxygen atoms in total. The van der Waals surface area contributed by atoms with Crippen LogP contribution >= 0.6 is 0 Å². The molecule has 0 aliphatic carbocycles. The quantitative estimate of drug-likeness (QED) is 0.420. The van der Waals surface area contributed by atoms with Crippen molar-refractivity contribution in [1.29, 1.82) is 0 Å². The summed E-state index contributed by atoms with van der Waals surface area (Å²) in [7, 11) is 0. The zero-order valence-electron chi connectivity index (χ0n) is 11.0. The summed E-state index contributed by atoms with van der Waals surface area (Å²) in [6.07, 6.45) is 4.10. The third-order valence-corrected chi connectivity index (χ3v) is 2.53. The minimum absolute atomic E-state index is 0. The fourth-order valence-corrected chi connectivity index (χ4v) is 1.84. The second-order valence-electron chi connectivity index (χ2n) is 4.29. The average Bonchev–Trinajstić information content (AvgIpc) is 2.28. The Hall–Kier alpha value is -1.87. The van der Waals surface area contributed by atoms with Crippen molar-refractivity contribution >= 4 is 5.97 Å². The van der Waals surface area contributed by atoms with Crippen molar-refractivity contribution < 1.29 is 26.5 Å². The highest BCUT2D eigenvalue weighted by Gasteiger charge is 2.05. The van der Waals surface area contributed by atoms with E-state index in [1.165, 1.54) is 12.5 Å². The van der Waals surface area contributed by atoms with Crippen LogP contribution in [0.3, 0.4) is 0 Å². The number of ether oxygens (including phenoxy) is 1. The summed E-state index contributed by atoms with van der Waals surface area (Å²) < 4.78 is 7.17. The number of nitrogens with zero attached hydrogens (tertiary/aromatic N) is 1. The van der Waals surface area contributed by atoms with Gasteiger partial charge in [-0.05, 0) is 25.1 Å². The molecule has 0 bridgehead atoms. The highest BCUT2D eigenvalue weighted by atomic mass is 35.5. The van der Waals surface area contributed by atoms with Crippen LogP contribution in [-0.4, -0.2) is 5.97 Å². The van der Waals surface area contributed by atoms with Gasteiger partial charge in [-0.2, -0.15) is 0 Å². The average molecular weight is 278 g/mol. The van der Waals surface area contributed by atoms with Crippen LogP contribution in [-0.2, 0) is 11.3 Å². The maximum absolute atomic E-state index is 10.9. The van der Waals surface area contributed by atoms with Gasteiger partial charge in [0.25, 0.3) is 0 Å². The molecule has 0 amide bonds. The third-order valence-electron chi connectivity index (χ3n) is 2.53. The summed E-state index contributed by atoms with van der Waals surface area (Å²) in [6, 6.07) is 11.7. The fourth-order valence-electron chi connectivity index (χ4n) is 1.84.